The van der Waals surface area contributed by atoms with Crippen molar-refractivity contribution in [1.29, 1.82) is 0 Å². The van der Waals surface area contributed by atoms with Gasteiger partial charge in [0.25, 0.3) is 0 Å². The lowest BCUT2D eigenvalue weighted by atomic mass is 9.80. The summed E-state index contributed by atoms with van der Waals surface area (Å²) in [4.78, 5) is 25.2. The van der Waals surface area contributed by atoms with E-state index < -0.39 is 11.9 Å². The van der Waals surface area contributed by atoms with Gasteiger partial charge in [0.05, 0.1) is 5.92 Å². The number of carboxylic acids is 1. The quantitative estimate of drug-likeness (QED) is 0.909. The van der Waals surface area contributed by atoms with Gasteiger partial charge in [-0.3, -0.25) is 9.59 Å². The largest absolute Gasteiger partial charge is 0.481 e. The fourth-order valence-corrected chi connectivity index (χ4v) is 3.02. The van der Waals surface area contributed by atoms with Gasteiger partial charge < -0.3 is 10.0 Å². The third-order valence-electron chi connectivity index (χ3n) is 4.64. The molecule has 120 valence electrons. The molecule has 22 heavy (non-hydrogen) atoms. The molecule has 0 radical (unpaired) electrons. The smallest absolute Gasteiger partial charge is 0.308 e. The number of rotatable bonds is 5. The summed E-state index contributed by atoms with van der Waals surface area (Å²) >= 11 is 0. The van der Waals surface area contributed by atoms with Crippen molar-refractivity contribution >= 4 is 11.9 Å². The van der Waals surface area contributed by atoms with Crippen molar-refractivity contribution in [1.82, 2.24) is 4.90 Å². The minimum Gasteiger partial charge on any atom is -0.481 e. The molecular formula is C18H25NO3. The van der Waals surface area contributed by atoms with Gasteiger partial charge in [-0.05, 0) is 30.2 Å². The molecule has 0 aliphatic carbocycles. The van der Waals surface area contributed by atoms with E-state index in [4.69, 9.17) is 5.11 Å². The van der Waals surface area contributed by atoms with Gasteiger partial charge in [-0.1, -0.05) is 44.2 Å². The second-order valence-electron chi connectivity index (χ2n) is 6.77. The Kier molecular flexibility index (Phi) is 5.22. The van der Waals surface area contributed by atoms with Crippen molar-refractivity contribution in [3.05, 3.63) is 35.9 Å². The van der Waals surface area contributed by atoms with E-state index in [1.165, 1.54) is 5.56 Å². The fourth-order valence-electron chi connectivity index (χ4n) is 3.02. The van der Waals surface area contributed by atoms with Crippen LogP contribution in [0.4, 0.5) is 0 Å². The number of piperidine rings is 1. The number of carbonyl (C=O) groups excluding carboxylic acids is 1. The van der Waals surface area contributed by atoms with Crippen LogP contribution in [0.25, 0.3) is 0 Å². The van der Waals surface area contributed by atoms with Crippen LogP contribution < -0.4 is 0 Å². The van der Waals surface area contributed by atoms with Crippen molar-refractivity contribution in [2.24, 2.45) is 5.92 Å². The van der Waals surface area contributed by atoms with Crippen molar-refractivity contribution < 1.29 is 14.7 Å². The van der Waals surface area contributed by atoms with Crippen LogP contribution >= 0.6 is 0 Å². The standard InChI is InChI=1S/C18H25NO3/c1-18(2,15-8-4-3-5-9-15)11-10-16(20)19-12-6-7-14(13-19)17(21)22/h3-5,8-9,14H,6-7,10-13H2,1-2H3,(H,21,22). The highest BCUT2D eigenvalue weighted by molar-refractivity contribution is 5.78. The number of benzene rings is 1. The van der Waals surface area contributed by atoms with Crippen molar-refractivity contribution in [3.8, 4) is 0 Å². The first-order valence-corrected chi connectivity index (χ1v) is 7.96. The molecule has 0 spiro atoms. The molecule has 4 heteroatoms. The average Bonchev–Trinajstić information content (AvgIpc) is 2.53. The highest BCUT2D eigenvalue weighted by atomic mass is 16.4. The number of carbonyl (C=O) groups is 2. The lowest BCUT2D eigenvalue weighted by Gasteiger charge is -2.32. The molecule has 1 heterocycles. The predicted molar refractivity (Wildman–Crippen MR) is 85.6 cm³/mol. The number of aliphatic carboxylic acids is 1. The van der Waals surface area contributed by atoms with Crippen LogP contribution in [0, 0.1) is 5.92 Å². The molecule has 1 atom stereocenters. The monoisotopic (exact) mass is 303 g/mol. The minimum absolute atomic E-state index is 0.0566. The number of carboxylic acid groups (broad SMARTS) is 1. The SMILES string of the molecule is CC(C)(CCC(=O)N1CCCC(C(=O)O)C1)c1ccccc1. The molecule has 2 rings (SSSR count). The number of hydrogen-bond donors (Lipinski definition) is 1. The van der Waals surface area contributed by atoms with E-state index in [0.717, 1.165) is 12.8 Å². The number of likely N-dealkylation sites (tertiary alicyclic amines) is 1. The molecule has 1 aromatic rings. The summed E-state index contributed by atoms with van der Waals surface area (Å²) in [5.41, 5.74) is 1.17. The van der Waals surface area contributed by atoms with E-state index in [9.17, 15) is 9.59 Å². The third-order valence-corrected chi connectivity index (χ3v) is 4.64. The Hall–Kier alpha value is -1.84. The van der Waals surface area contributed by atoms with E-state index in [0.29, 0.717) is 25.9 Å². The molecule has 1 N–H and O–H groups in total. The summed E-state index contributed by atoms with van der Waals surface area (Å²) in [6.45, 7) is 5.34. The number of amides is 1. The van der Waals surface area contributed by atoms with Gasteiger partial charge in [-0.25, -0.2) is 0 Å². The summed E-state index contributed by atoms with van der Waals surface area (Å²) in [5.74, 6) is -1.11. The molecule has 1 aliphatic rings. The fraction of sp³-hybridized carbons (Fsp3) is 0.556. The first-order chi connectivity index (χ1) is 10.4. The molecule has 0 aromatic heterocycles. The summed E-state index contributed by atoms with van der Waals surface area (Å²) in [7, 11) is 0. The molecule has 1 amide bonds. The molecule has 4 nitrogen and oxygen atoms in total. The minimum atomic E-state index is -0.790. The van der Waals surface area contributed by atoms with Gasteiger partial charge in [-0.15, -0.1) is 0 Å². The Balaban J connectivity index is 1.91. The maximum Gasteiger partial charge on any atom is 0.308 e. The van der Waals surface area contributed by atoms with Crippen LogP contribution in [0.2, 0.25) is 0 Å². The topological polar surface area (TPSA) is 57.6 Å². The highest BCUT2D eigenvalue weighted by Gasteiger charge is 2.29. The number of hydrogen-bond acceptors (Lipinski definition) is 2. The normalized spacial score (nSPS) is 19.0. The molecule has 1 aliphatic heterocycles. The zero-order valence-corrected chi connectivity index (χ0v) is 13.4. The van der Waals surface area contributed by atoms with Crippen LogP contribution in [0.15, 0.2) is 30.3 Å². The van der Waals surface area contributed by atoms with E-state index in [-0.39, 0.29) is 11.3 Å². The lowest BCUT2D eigenvalue weighted by Crippen LogP contribution is -2.42. The Morgan fingerprint density at radius 3 is 2.59 bits per heavy atom. The molecule has 1 unspecified atom stereocenters. The third kappa shape index (κ3) is 4.09. The molecule has 1 aromatic carbocycles. The average molecular weight is 303 g/mol. The molecule has 1 saturated heterocycles. The van der Waals surface area contributed by atoms with Crippen LogP contribution in [-0.2, 0) is 15.0 Å². The summed E-state index contributed by atoms with van der Waals surface area (Å²) in [6, 6.07) is 10.2. The van der Waals surface area contributed by atoms with Gasteiger partial charge in [0.15, 0.2) is 0 Å². The van der Waals surface area contributed by atoms with Crippen LogP contribution in [0.1, 0.15) is 45.1 Å². The van der Waals surface area contributed by atoms with Gasteiger partial charge in [-0.2, -0.15) is 0 Å². The van der Waals surface area contributed by atoms with E-state index in [2.05, 4.69) is 26.0 Å². The maximum atomic E-state index is 12.4. The predicted octanol–water partition coefficient (Wildman–Crippen LogP) is 3.07. The maximum absolute atomic E-state index is 12.4. The lowest BCUT2D eigenvalue weighted by molar-refractivity contribution is -0.145. The van der Waals surface area contributed by atoms with Gasteiger partial charge in [0, 0.05) is 19.5 Å². The van der Waals surface area contributed by atoms with E-state index in [1.807, 2.05) is 18.2 Å². The molecule has 0 saturated carbocycles. The first kappa shape index (κ1) is 16.5. The molecular weight excluding hydrogens is 278 g/mol. The van der Waals surface area contributed by atoms with Crippen LogP contribution in [-0.4, -0.2) is 35.0 Å². The Morgan fingerprint density at radius 1 is 1.27 bits per heavy atom. The zero-order valence-electron chi connectivity index (χ0n) is 13.4. The van der Waals surface area contributed by atoms with Crippen LogP contribution in [0.5, 0.6) is 0 Å². The van der Waals surface area contributed by atoms with Gasteiger partial charge >= 0.3 is 5.97 Å². The van der Waals surface area contributed by atoms with Gasteiger partial charge in [0.2, 0.25) is 5.91 Å². The highest BCUT2D eigenvalue weighted by Crippen LogP contribution is 2.29. The number of nitrogens with zero attached hydrogens (tertiary/aromatic N) is 1. The van der Waals surface area contributed by atoms with E-state index in [1.54, 1.807) is 4.90 Å². The zero-order chi connectivity index (χ0) is 16.2. The van der Waals surface area contributed by atoms with Crippen molar-refractivity contribution in [2.45, 2.75) is 44.9 Å². The van der Waals surface area contributed by atoms with Crippen molar-refractivity contribution in [3.63, 3.8) is 0 Å². The second kappa shape index (κ2) is 6.95. The summed E-state index contributed by atoms with van der Waals surface area (Å²) in [5, 5.41) is 9.11. The second-order valence-corrected chi connectivity index (χ2v) is 6.77. The molecule has 1 fully saturated rings. The van der Waals surface area contributed by atoms with Crippen molar-refractivity contribution in [2.75, 3.05) is 13.1 Å². The molecule has 0 bridgehead atoms. The summed E-state index contributed by atoms with van der Waals surface area (Å²) < 4.78 is 0. The van der Waals surface area contributed by atoms with Crippen LogP contribution in [0.3, 0.4) is 0 Å². The Labute approximate surface area is 132 Å². The Bertz CT molecular complexity index is 524. The Morgan fingerprint density at radius 2 is 1.95 bits per heavy atom. The first-order valence-electron chi connectivity index (χ1n) is 7.96. The summed E-state index contributed by atoms with van der Waals surface area (Å²) in [6.07, 6.45) is 2.69. The van der Waals surface area contributed by atoms with Gasteiger partial charge in [0.1, 0.15) is 0 Å². The van der Waals surface area contributed by atoms with E-state index >= 15 is 0 Å².